The van der Waals surface area contributed by atoms with Gasteiger partial charge >= 0.3 is 0 Å². The van der Waals surface area contributed by atoms with Crippen molar-refractivity contribution in [2.45, 2.75) is 5.88 Å². The summed E-state index contributed by atoms with van der Waals surface area (Å²) in [6.45, 7) is 3.13. The van der Waals surface area contributed by atoms with Crippen molar-refractivity contribution in [3.63, 3.8) is 0 Å². The fourth-order valence-electron chi connectivity index (χ4n) is 0.567. The molecule has 0 aliphatic heterocycles. The van der Waals surface area contributed by atoms with Crippen LogP contribution in [0.3, 0.4) is 0 Å². The smallest absolute Gasteiger partial charge is 0.0474 e. The molecule has 1 aromatic carbocycles. The molecule has 1 aromatic rings. The molecule has 0 spiro atoms. The van der Waals surface area contributed by atoms with Crippen LogP contribution in [0, 0.1) is 0 Å². The van der Waals surface area contributed by atoms with Gasteiger partial charge in [-0.2, -0.15) is 0 Å². The Morgan fingerprint density at radius 3 is 2.00 bits per heavy atom. The minimum Gasteiger partial charge on any atom is -0.122 e. The van der Waals surface area contributed by atoms with Gasteiger partial charge in [-0.05, 0) is 11.1 Å². The summed E-state index contributed by atoms with van der Waals surface area (Å²) >= 11 is 10.3. The zero-order chi connectivity index (χ0) is 8.53. The zero-order valence-electron chi connectivity index (χ0n) is 6.13. The first-order chi connectivity index (χ1) is 5.35. The van der Waals surface area contributed by atoms with E-state index < -0.39 is 0 Å². The zero-order valence-corrected chi connectivity index (χ0v) is 7.65. The minimum atomic E-state index is 0.612. The van der Waals surface area contributed by atoms with Crippen LogP contribution in [0.1, 0.15) is 5.56 Å². The summed E-state index contributed by atoms with van der Waals surface area (Å²) in [7, 11) is 0. The van der Waals surface area contributed by atoms with Crippen LogP contribution in [-0.2, 0) is 5.88 Å². The molecule has 0 fully saturated rings. The molecule has 0 saturated heterocycles. The van der Waals surface area contributed by atoms with Gasteiger partial charge in [-0.15, -0.1) is 11.6 Å². The molecule has 2 heteroatoms. The van der Waals surface area contributed by atoms with E-state index in [1.807, 2.05) is 30.3 Å². The van der Waals surface area contributed by atoms with Gasteiger partial charge in [0.1, 0.15) is 0 Å². The van der Waals surface area contributed by atoms with Gasteiger partial charge in [-0.3, -0.25) is 0 Å². The van der Waals surface area contributed by atoms with E-state index in [1.165, 1.54) is 11.1 Å². The lowest BCUT2D eigenvalue weighted by Crippen LogP contribution is -1.71. The first kappa shape index (κ1) is 10.5. The van der Waals surface area contributed by atoms with E-state index in [1.54, 1.807) is 0 Å². The Morgan fingerprint density at radius 2 is 1.73 bits per heavy atom. The van der Waals surface area contributed by atoms with Crippen molar-refractivity contribution in [1.29, 1.82) is 0 Å². The van der Waals surface area contributed by atoms with Crippen LogP contribution < -0.4 is 0 Å². The summed E-state index contributed by atoms with van der Waals surface area (Å²) in [5.74, 6) is 0.612. The normalized spacial score (nSPS) is 7.82. The lowest BCUT2D eigenvalue weighted by Gasteiger charge is -1.88. The number of hydrogen-bond acceptors (Lipinski definition) is 0. The molecule has 0 radical (unpaired) electrons. The maximum absolute atomic E-state index is 5.53. The maximum Gasteiger partial charge on any atom is 0.0474 e. The number of halogens is 2. The van der Waals surface area contributed by atoms with Gasteiger partial charge in [0, 0.05) is 5.88 Å². The van der Waals surface area contributed by atoms with Crippen molar-refractivity contribution in [2.24, 2.45) is 0 Å². The van der Waals surface area contributed by atoms with E-state index in [9.17, 15) is 0 Å². The van der Waals surface area contributed by atoms with E-state index >= 15 is 0 Å². The molecule has 0 aliphatic carbocycles. The highest BCUT2D eigenvalue weighted by Crippen LogP contribution is 2.00. The monoisotopic (exact) mass is 188 g/mol. The van der Waals surface area contributed by atoms with Crippen LogP contribution in [0.5, 0.6) is 0 Å². The predicted octanol–water partition coefficient (Wildman–Crippen LogP) is 3.79. The second kappa shape index (κ2) is 7.64. The van der Waals surface area contributed by atoms with Gasteiger partial charge in [0.15, 0.2) is 0 Å². The van der Waals surface area contributed by atoms with E-state index in [2.05, 4.69) is 6.58 Å². The quantitative estimate of drug-likeness (QED) is 0.589. The van der Waals surface area contributed by atoms with Crippen LogP contribution >= 0.6 is 23.2 Å². The molecule has 0 heterocycles. The third-order valence-corrected chi connectivity index (χ3v) is 1.31. The van der Waals surface area contributed by atoms with Gasteiger partial charge in [0.05, 0.1) is 0 Å². The molecule has 0 amide bonds. The summed E-state index contributed by atoms with van der Waals surface area (Å²) in [5, 5.41) is 0. The highest BCUT2D eigenvalue weighted by Gasteiger charge is 1.81. The largest absolute Gasteiger partial charge is 0.122 e. The van der Waals surface area contributed by atoms with Crippen LogP contribution in [0.15, 0.2) is 42.4 Å². The van der Waals surface area contributed by atoms with Gasteiger partial charge in [-0.25, -0.2) is 0 Å². The molecule has 0 aromatic heterocycles. The van der Waals surface area contributed by atoms with Crippen LogP contribution in [0.25, 0.3) is 0 Å². The Kier molecular flexibility index (Phi) is 7.33. The molecular weight excluding hydrogens is 179 g/mol. The number of hydrogen-bond donors (Lipinski definition) is 0. The van der Waals surface area contributed by atoms with Gasteiger partial charge < -0.3 is 0 Å². The molecule has 0 unspecified atom stereocenters. The van der Waals surface area contributed by atoms with Crippen molar-refractivity contribution in [1.82, 2.24) is 0 Å². The van der Waals surface area contributed by atoms with Crippen molar-refractivity contribution in [3.8, 4) is 0 Å². The molecule has 0 atom stereocenters. The summed E-state index contributed by atoms with van der Waals surface area (Å²) in [6, 6.07) is 9.96. The summed E-state index contributed by atoms with van der Waals surface area (Å²) in [6.07, 6.45) is 0. The molecule has 1 rings (SSSR count). The molecular formula is C9H10Cl2. The average molecular weight is 189 g/mol. The van der Waals surface area contributed by atoms with E-state index in [0.29, 0.717) is 5.88 Å². The summed E-state index contributed by atoms with van der Waals surface area (Å²) < 4.78 is 0. The number of rotatable bonds is 1. The molecule has 0 nitrogen and oxygen atoms in total. The second-order valence-electron chi connectivity index (χ2n) is 1.77. The molecule has 0 saturated carbocycles. The predicted molar refractivity (Wildman–Crippen MR) is 52.0 cm³/mol. The highest BCUT2D eigenvalue weighted by atomic mass is 35.5. The Balaban J connectivity index is 0.000000292. The average Bonchev–Trinajstić information content (AvgIpc) is 2.08. The Hall–Kier alpha value is -0.460. The first-order valence-corrected chi connectivity index (χ1v) is 4.13. The summed E-state index contributed by atoms with van der Waals surface area (Å²) in [4.78, 5) is 0. The molecule has 60 valence electrons. The SMILES string of the molecule is C=CCl.ClCc1ccccc1. The highest BCUT2D eigenvalue weighted by molar-refractivity contribution is 6.25. The van der Waals surface area contributed by atoms with Crippen molar-refractivity contribution in [3.05, 3.63) is 48.0 Å². The lowest BCUT2D eigenvalue weighted by atomic mass is 10.2. The molecule has 0 aliphatic rings. The fraction of sp³-hybridized carbons (Fsp3) is 0.111. The van der Waals surface area contributed by atoms with Crippen LogP contribution in [0.2, 0.25) is 0 Å². The van der Waals surface area contributed by atoms with E-state index in [4.69, 9.17) is 23.2 Å². The Labute approximate surface area is 77.4 Å². The third-order valence-electron chi connectivity index (χ3n) is 0.997. The minimum absolute atomic E-state index is 0.612. The van der Waals surface area contributed by atoms with Crippen molar-refractivity contribution >= 4 is 23.2 Å². The molecule has 0 bridgehead atoms. The summed E-state index contributed by atoms with van der Waals surface area (Å²) in [5.41, 5.74) is 2.40. The third kappa shape index (κ3) is 5.96. The Bertz CT molecular complexity index is 182. The second-order valence-corrected chi connectivity index (χ2v) is 2.35. The van der Waals surface area contributed by atoms with Gasteiger partial charge in [-0.1, -0.05) is 48.5 Å². The fourth-order valence-corrected chi connectivity index (χ4v) is 0.745. The molecule has 11 heavy (non-hydrogen) atoms. The standard InChI is InChI=1S/C7H7Cl.C2H3Cl/c8-6-7-4-2-1-3-5-7;1-2-3/h1-5H,6H2;2H,1H2. The van der Waals surface area contributed by atoms with Gasteiger partial charge in [0.2, 0.25) is 0 Å². The topological polar surface area (TPSA) is 0 Å². The maximum atomic E-state index is 5.53. The molecule has 0 N–H and O–H groups in total. The van der Waals surface area contributed by atoms with E-state index in [0.717, 1.165) is 0 Å². The van der Waals surface area contributed by atoms with Crippen molar-refractivity contribution < 1.29 is 0 Å². The Morgan fingerprint density at radius 1 is 1.27 bits per heavy atom. The lowest BCUT2D eigenvalue weighted by molar-refractivity contribution is 1.41. The van der Waals surface area contributed by atoms with Crippen molar-refractivity contribution in [2.75, 3.05) is 0 Å². The number of alkyl halides is 1. The van der Waals surface area contributed by atoms with E-state index in [-0.39, 0.29) is 0 Å². The van der Waals surface area contributed by atoms with Crippen LogP contribution in [0.4, 0.5) is 0 Å². The van der Waals surface area contributed by atoms with Crippen LogP contribution in [-0.4, -0.2) is 0 Å². The number of benzene rings is 1. The van der Waals surface area contributed by atoms with Gasteiger partial charge in [0.25, 0.3) is 0 Å². The first-order valence-electron chi connectivity index (χ1n) is 3.16.